The molecule has 31 heavy (non-hydrogen) atoms. The molecule has 0 saturated carbocycles. The van der Waals surface area contributed by atoms with Gasteiger partial charge in [-0.3, -0.25) is 0 Å². The lowest BCUT2D eigenvalue weighted by molar-refractivity contribution is -0.382. The van der Waals surface area contributed by atoms with E-state index in [1.165, 1.54) is 7.11 Å². The second kappa shape index (κ2) is 9.56. The summed E-state index contributed by atoms with van der Waals surface area (Å²) in [6, 6.07) is 6.55. The molecule has 0 amide bonds. The molecule has 0 saturated heterocycles. The molecular weight excluding hydrogens is 469 g/mol. The average Bonchev–Trinajstić information content (AvgIpc) is 2.66. The highest BCUT2D eigenvalue weighted by Crippen LogP contribution is 2.54. The molecule has 1 N–H and O–H groups in total. The Labute approximate surface area is 171 Å². The van der Waals surface area contributed by atoms with E-state index in [1.54, 1.807) is 24.3 Å². The maximum absolute atomic E-state index is 13.5. The van der Waals surface area contributed by atoms with E-state index in [4.69, 9.17) is 4.74 Å². The number of nitrogens with one attached hydrogen (secondary N) is 1. The summed E-state index contributed by atoms with van der Waals surface area (Å²) in [5, 5.41) is -6.73. The molecule has 1 rings (SSSR count). The van der Waals surface area contributed by atoms with Crippen molar-refractivity contribution in [2.75, 3.05) is 13.7 Å². The number of alkyl halides is 9. The summed E-state index contributed by atoms with van der Waals surface area (Å²) >= 11 is 0. The Hall–Kier alpha value is -2.14. The number of hydrogen-bond acceptors (Lipinski definition) is 3. The van der Waals surface area contributed by atoms with Gasteiger partial charge in [-0.05, 0) is 37.1 Å². The van der Waals surface area contributed by atoms with Crippen LogP contribution in [0.2, 0.25) is 0 Å². The van der Waals surface area contributed by atoms with Crippen molar-refractivity contribution in [1.29, 1.82) is 0 Å². The van der Waals surface area contributed by atoms with Crippen LogP contribution < -0.4 is 9.46 Å². The molecular formula is C17H16F9NO3S. The zero-order valence-corrected chi connectivity index (χ0v) is 16.5. The standard InChI is InChI=1S/C17H16F9NO3S/c1-30-13-9-7-12(8-10-13)6-4-2-3-5-11-27-31(28,29)17(25,26)15(20,21)14(18,19)16(22,23)24/h7-10,27H,2-3,5,11H2,1H3. The van der Waals surface area contributed by atoms with E-state index in [1.807, 2.05) is 0 Å². The van der Waals surface area contributed by atoms with Crippen molar-refractivity contribution >= 4 is 10.0 Å². The smallest absolute Gasteiger partial charge is 0.460 e. The van der Waals surface area contributed by atoms with Gasteiger partial charge in [0.2, 0.25) is 0 Å². The summed E-state index contributed by atoms with van der Waals surface area (Å²) in [7, 11) is -5.10. The molecule has 0 fully saturated rings. The third kappa shape index (κ3) is 5.76. The largest absolute Gasteiger partial charge is 0.497 e. The maximum atomic E-state index is 13.5. The minimum atomic E-state index is -7.28. The van der Waals surface area contributed by atoms with E-state index in [2.05, 4.69) is 11.8 Å². The summed E-state index contributed by atoms with van der Waals surface area (Å²) in [6.45, 7) is -0.907. The van der Waals surface area contributed by atoms with Gasteiger partial charge in [0.05, 0.1) is 7.11 Å². The number of unbranched alkanes of at least 4 members (excludes halogenated alkanes) is 2. The Morgan fingerprint density at radius 2 is 1.45 bits per heavy atom. The SMILES string of the molecule is COc1ccc(C#CCCCCNS(=O)(=O)C(F)(F)C(F)(F)C(F)(F)C(F)(F)F)cc1. The van der Waals surface area contributed by atoms with E-state index >= 15 is 0 Å². The fourth-order valence-electron chi connectivity index (χ4n) is 2.00. The van der Waals surface area contributed by atoms with Crippen molar-refractivity contribution < 1.29 is 52.7 Å². The number of rotatable bonds is 9. The first-order valence-electron chi connectivity index (χ1n) is 8.33. The molecule has 176 valence electrons. The first kappa shape index (κ1) is 26.9. The molecule has 4 nitrogen and oxygen atoms in total. The highest BCUT2D eigenvalue weighted by Gasteiger charge is 2.85. The van der Waals surface area contributed by atoms with Crippen LogP contribution in [-0.4, -0.2) is 45.3 Å². The lowest BCUT2D eigenvalue weighted by atomic mass is 10.1. The summed E-state index contributed by atoms with van der Waals surface area (Å²) in [5.41, 5.74) is 0.606. The Balaban J connectivity index is 2.65. The third-order valence-corrected chi connectivity index (χ3v) is 5.31. The first-order valence-corrected chi connectivity index (χ1v) is 9.82. The van der Waals surface area contributed by atoms with Gasteiger partial charge >= 0.3 is 23.3 Å². The zero-order chi connectivity index (χ0) is 24.1. The molecule has 0 aliphatic carbocycles. The number of sulfonamides is 1. The van der Waals surface area contributed by atoms with Crippen molar-refractivity contribution in [1.82, 2.24) is 4.72 Å². The number of methoxy groups -OCH3 is 1. The molecule has 1 aromatic rings. The highest BCUT2D eigenvalue weighted by atomic mass is 32.2. The van der Waals surface area contributed by atoms with Crippen molar-refractivity contribution in [2.45, 2.75) is 42.5 Å². The topological polar surface area (TPSA) is 55.4 Å². The quantitative estimate of drug-likeness (QED) is 0.317. The van der Waals surface area contributed by atoms with Crippen LogP contribution in [0.3, 0.4) is 0 Å². The minimum absolute atomic E-state index is 0.0896. The van der Waals surface area contributed by atoms with Crippen LogP contribution in [0.5, 0.6) is 5.75 Å². The Bertz CT molecular complexity index is 902. The van der Waals surface area contributed by atoms with E-state index in [9.17, 15) is 47.9 Å². The molecule has 0 heterocycles. The average molecular weight is 485 g/mol. The van der Waals surface area contributed by atoms with E-state index in [-0.39, 0.29) is 19.3 Å². The predicted molar refractivity (Wildman–Crippen MR) is 91.5 cm³/mol. The first-order chi connectivity index (χ1) is 14.0. The summed E-state index contributed by atoms with van der Waals surface area (Å²) < 4.78 is 143. The van der Waals surface area contributed by atoms with Gasteiger partial charge in [0, 0.05) is 18.5 Å². The van der Waals surface area contributed by atoms with E-state index in [0.717, 1.165) is 4.72 Å². The fourth-order valence-corrected chi connectivity index (χ4v) is 3.06. The van der Waals surface area contributed by atoms with Crippen molar-refractivity contribution in [3.63, 3.8) is 0 Å². The van der Waals surface area contributed by atoms with Gasteiger partial charge in [0.1, 0.15) is 5.75 Å². The second-order valence-electron chi connectivity index (χ2n) is 6.05. The molecule has 0 unspecified atom stereocenters. The summed E-state index contributed by atoms with van der Waals surface area (Å²) in [4.78, 5) is 0. The van der Waals surface area contributed by atoms with Crippen LogP contribution in [0.1, 0.15) is 24.8 Å². The van der Waals surface area contributed by atoms with Gasteiger partial charge in [-0.2, -0.15) is 39.5 Å². The van der Waals surface area contributed by atoms with Gasteiger partial charge in [-0.1, -0.05) is 11.8 Å². The Morgan fingerprint density at radius 1 is 0.903 bits per heavy atom. The van der Waals surface area contributed by atoms with Crippen LogP contribution >= 0.6 is 0 Å². The van der Waals surface area contributed by atoms with Crippen molar-refractivity contribution in [2.24, 2.45) is 0 Å². The van der Waals surface area contributed by atoms with Gasteiger partial charge in [-0.25, -0.2) is 13.1 Å². The van der Waals surface area contributed by atoms with Gasteiger partial charge < -0.3 is 4.74 Å². The summed E-state index contributed by atoms with van der Waals surface area (Å²) in [6.07, 6.45) is -7.11. The predicted octanol–water partition coefficient (Wildman–Crippen LogP) is 4.56. The zero-order valence-electron chi connectivity index (χ0n) is 15.7. The monoisotopic (exact) mass is 485 g/mol. The molecule has 0 bridgehead atoms. The Morgan fingerprint density at radius 3 is 1.94 bits per heavy atom. The molecule has 0 atom stereocenters. The molecule has 14 heteroatoms. The molecule has 0 aromatic heterocycles. The van der Waals surface area contributed by atoms with E-state index in [0.29, 0.717) is 11.3 Å². The number of hydrogen-bond donors (Lipinski definition) is 1. The molecule has 1 aromatic carbocycles. The lowest BCUT2D eigenvalue weighted by Crippen LogP contribution is -2.64. The van der Waals surface area contributed by atoms with Crippen molar-refractivity contribution in [3.05, 3.63) is 29.8 Å². The highest BCUT2D eigenvalue weighted by molar-refractivity contribution is 7.90. The summed E-state index contributed by atoms with van der Waals surface area (Å²) in [5.74, 6) is -8.54. The molecule has 0 aliphatic rings. The van der Waals surface area contributed by atoms with Crippen LogP contribution in [0, 0.1) is 11.8 Å². The van der Waals surface area contributed by atoms with E-state index < -0.39 is 39.8 Å². The van der Waals surface area contributed by atoms with Gasteiger partial charge in [0.15, 0.2) is 0 Å². The number of benzene rings is 1. The van der Waals surface area contributed by atoms with Gasteiger partial charge in [0.25, 0.3) is 10.0 Å². The van der Waals surface area contributed by atoms with Crippen LogP contribution in [0.25, 0.3) is 0 Å². The Kier molecular flexibility index (Phi) is 8.29. The third-order valence-electron chi connectivity index (χ3n) is 3.80. The van der Waals surface area contributed by atoms with Crippen LogP contribution in [-0.2, 0) is 10.0 Å². The normalized spacial score (nSPS) is 13.5. The van der Waals surface area contributed by atoms with Crippen LogP contribution in [0.15, 0.2) is 24.3 Å². The fraction of sp³-hybridized carbons (Fsp3) is 0.529. The second-order valence-corrected chi connectivity index (χ2v) is 7.86. The van der Waals surface area contributed by atoms with Crippen molar-refractivity contribution in [3.8, 4) is 17.6 Å². The maximum Gasteiger partial charge on any atom is 0.460 e. The molecule has 0 radical (unpaired) electrons. The van der Waals surface area contributed by atoms with Gasteiger partial charge in [-0.15, -0.1) is 0 Å². The molecule has 0 aliphatic heterocycles. The number of ether oxygens (including phenoxy) is 1. The minimum Gasteiger partial charge on any atom is -0.497 e. The number of halogens is 9. The van der Waals surface area contributed by atoms with Crippen LogP contribution in [0.4, 0.5) is 39.5 Å². The molecule has 0 spiro atoms. The lowest BCUT2D eigenvalue weighted by Gasteiger charge is -2.33.